The Morgan fingerprint density at radius 1 is 1.15 bits per heavy atom. The zero-order valence-electron chi connectivity index (χ0n) is 15.2. The number of carbonyl (C=O) groups is 1. The fraction of sp³-hybridized carbons (Fsp3) is 0.474. The molecule has 2 aromatic rings. The van der Waals surface area contributed by atoms with E-state index in [2.05, 4.69) is 17.2 Å². The smallest absolute Gasteiger partial charge is 0.243 e. The van der Waals surface area contributed by atoms with Crippen molar-refractivity contribution in [1.82, 2.24) is 9.29 Å². The van der Waals surface area contributed by atoms with E-state index in [0.717, 1.165) is 36.9 Å². The lowest BCUT2D eigenvalue weighted by atomic mass is 10.0. The normalized spacial score (nSPS) is 19.1. The van der Waals surface area contributed by atoms with Gasteiger partial charge in [-0.2, -0.15) is 4.31 Å². The minimum atomic E-state index is -3.44. The van der Waals surface area contributed by atoms with Gasteiger partial charge in [-0.3, -0.25) is 4.79 Å². The number of sulfonamides is 1. The number of rotatable bonds is 5. The summed E-state index contributed by atoms with van der Waals surface area (Å²) in [7, 11) is -3.44. The predicted molar refractivity (Wildman–Crippen MR) is 106 cm³/mol. The molecule has 1 aliphatic heterocycles. The Morgan fingerprint density at radius 2 is 1.81 bits per heavy atom. The maximum atomic E-state index is 12.8. The number of benzene rings is 1. The van der Waals surface area contributed by atoms with E-state index in [1.807, 2.05) is 5.38 Å². The van der Waals surface area contributed by atoms with Gasteiger partial charge in [0.25, 0.3) is 0 Å². The van der Waals surface area contributed by atoms with Gasteiger partial charge < -0.3 is 5.32 Å². The third-order valence-corrected chi connectivity index (χ3v) is 7.88. The lowest BCUT2D eigenvalue weighted by Gasteiger charge is -2.29. The topological polar surface area (TPSA) is 79.4 Å². The van der Waals surface area contributed by atoms with E-state index in [1.165, 1.54) is 11.3 Å². The van der Waals surface area contributed by atoms with Crippen molar-refractivity contribution in [3.8, 4) is 11.3 Å². The van der Waals surface area contributed by atoms with Gasteiger partial charge in [-0.25, -0.2) is 13.4 Å². The van der Waals surface area contributed by atoms with Crippen LogP contribution in [-0.4, -0.2) is 36.7 Å². The molecular weight excluding hydrogens is 382 g/mol. The minimum Gasteiger partial charge on any atom is -0.302 e. The van der Waals surface area contributed by atoms with Crippen LogP contribution in [0.5, 0.6) is 0 Å². The SMILES string of the molecule is CC1CCN(S(=O)(=O)c2ccc(-c3csc(NC(=O)C4CC4)n3)cc2)CC1. The van der Waals surface area contributed by atoms with Gasteiger partial charge in [-0.1, -0.05) is 19.1 Å². The average Bonchev–Trinajstić information content (AvgIpc) is 3.42. The highest BCUT2D eigenvalue weighted by molar-refractivity contribution is 7.89. The first-order valence-electron chi connectivity index (χ1n) is 9.30. The van der Waals surface area contributed by atoms with Crippen LogP contribution >= 0.6 is 11.3 Å². The van der Waals surface area contributed by atoms with Crippen molar-refractivity contribution in [2.45, 2.75) is 37.5 Å². The van der Waals surface area contributed by atoms with Crippen LogP contribution in [0, 0.1) is 11.8 Å². The van der Waals surface area contributed by atoms with Crippen LogP contribution in [0.3, 0.4) is 0 Å². The molecular formula is C19H23N3O3S2. The van der Waals surface area contributed by atoms with Gasteiger partial charge in [0.1, 0.15) is 0 Å². The molecule has 2 heterocycles. The number of nitrogens with zero attached hydrogens (tertiary/aromatic N) is 2. The van der Waals surface area contributed by atoms with Crippen LogP contribution in [0.25, 0.3) is 11.3 Å². The fourth-order valence-corrected chi connectivity index (χ4v) is 5.38. The van der Waals surface area contributed by atoms with Crippen LogP contribution in [0.4, 0.5) is 5.13 Å². The first kappa shape index (κ1) is 18.6. The summed E-state index contributed by atoms with van der Waals surface area (Å²) in [5, 5.41) is 5.30. The number of thiazole rings is 1. The highest BCUT2D eigenvalue weighted by atomic mass is 32.2. The number of amides is 1. The van der Waals surface area contributed by atoms with Crippen molar-refractivity contribution in [3.05, 3.63) is 29.6 Å². The minimum absolute atomic E-state index is 0.0354. The zero-order chi connectivity index (χ0) is 19.0. The van der Waals surface area contributed by atoms with E-state index in [1.54, 1.807) is 28.6 Å². The van der Waals surface area contributed by atoms with Crippen LogP contribution in [-0.2, 0) is 14.8 Å². The van der Waals surface area contributed by atoms with Gasteiger partial charge in [-0.15, -0.1) is 11.3 Å². The second kappa shape index (κ2) is 7.33. The molecule has 0 spiro atoms. The summed E-state index contributed by atoms with van der Waals surface area (Å²) in [6, 6.07) is 6.84. The number of aromatic nitrogens is 1. The van der Waals surface area contributed by atoms with Crippen molar-refractivity contribution in [3.63, 3.8) is 0 Å². The summed E-state index contributed by atoms with van der Waals surface area (Å²) >= 11 is 1.38. The van der Waals surface area contributed by atoms with Crippen LogP contribution < -0.4 is 5.32 Å². The molecule has 1 amide bonds. The van der Waals surface area contributed by atoms with Crippen LogP contribution in [0.2, 0.25) is 0 Å². The molecule has 0 atom stereocenters. The third kappa shape index (κ3) is 4.07. The zero-order valence-corrected chi connectivity index (χ0v) is 16.9. The molecule has 2 fully saturated rings. The van der Waals surface area contributed by atoms with E-state index < -0.39 is 10.0 Å². The first-order valence-corrected chi connectivity index (χ1v) is 11.6. The van der Waals surface area contributed by atoms with Gasteiger partial charge in [0.05, 0.1) is 10.6 Å². The van der Waals surface area contributed by atoms with E-state index >= 15 is 0 Å². The Morgan fingerprint density at radius 3 is 2.44 bits per heavy atom. The molecule has 1 saturated carbocycles. The summed E-state index contributed by atoms with van der Waals surface area (Å²) < 4.78 is 27.2. The van der Waals surface area contributed by atoms with E-state index in [9.17, 15) is 13.2 Å². The maximum Gasteiger partial charge on any atom is 0.243 e. The number of carbonyl (C=O) groups excluding carboxylic acids is 1. The van der Waals surface area contributed by atoms with E-state index in [0.29, 0.717) is 29.0 Å². The lowest BCUT2D eigenvalue weighted by molar-refractivity contribution is -0.117. The molecule has 144 valence electrons. The monoisotopic (exact) mass is 405 g/mol. The Balaban J connectivity index is 1.47. The Kier molecular flexibility index (Phi) is 5.05. The van der Waals surface area contributed by atoms with Gasteiger partial charge >= 0.3 is 0 Å². The molecule has 0 radical (unpaired) electrons. The van der Waals surface area contributed by atoms with Gasteiger partial charge in [0.15, 0.2) is 5.13 Å². The highest BCUT2D eigenvalue weighted by Gasteiger charge is 2.30. The summed E-state index contributed by atoms with van der Waals surface area (Å²) in [5.41, 5.74) is 1.58. The predicted octanol–water partition coefficient (Wildman–Crippen LogP) is 3.58. The lowest BCUT2D eigenvalue weighted by Crippen LogP contribution is -2.37. The van der Waals surface area contributed by atoms with Crippen LogP contribution in [0.15, 0.2) is 34.5 Å². The number of piperidine rings is 1. The van der Waals surface area contributed by atoms with Crippen molar-refractivity contribution in [1.29, 1.82) is 0 Å². The van der Waals surface area contributed by atoms with Crippen LogP contribution in [0.1, 0.15) is 32.6 Å². The Hall–Kier alpha value is -1.77. The quantitative estimate of drug-likeness (QED) is 0.825. The largest absolute Gasteiger partial charge is 0.302 e. The van der Waals surface area contributed by atoms with Gasteiger partial charge in [0, 0.05) is 30.0 Å². The highest BCUT2D eigenvalue weighted by Crippen LogP contribution is 2.32. The van der Waals surface area contributed by atoms with Crippen molar-refractivity contribution in [2.24, 2.45) is 11.8 Å². The summed E-state index contributed by atoms with van der Waals surface area (Å²) in [6.45, 7) is 3.33. The van der Waals surface area contributed by atoms with E-state index in [-0.39, 0.29) is 11.8 Å². The number of hydrogen-bond donors (Lipinski definition) is 1. The second-order valence-electron chi connectivity index (χ2n) is 7.41. The number of hydrogen-bond acceptors (Lipinski definition) is 5. The molecule has 1 aromatic carbocycles. The van der Waals surface area contributed by atoms with Gasteiger partial charge in [-0.05, 0) is 43.7 Å². The second-order valence-corrected chi connectivity index (χ2v) is 10.2. The molecule has 8 heteroatoms. The molecule has 1 N–H and O–H groups in total. The molecule has 1 saturated heterocycles. The number of nitrogens with one attached hydrogen (secondary N) is 1. The molecule has 0 unspecified atom stereocenters. The van der Waals surface area contributed by atoms with E-state index in [4.69, 9.17) is 0 Å². The number of anilines is 1. The molecule has 1 aliphatic carbocycles. The van der Waals surface area contributed by atoms with Crippen molar-refractivity contribution < 1.29 is 13.2 Å². The van der Waals surface area contributed by atoms with Crippen molar-refractivity contribution in [2.75, 3.05) is 18.4 Å². The molecule has 27 heavy (non-hydrogen) atoms. The summed E-state index contributed by atoms with van der Waals surface area (Å²) in [6.07, 6.45) is 3.73. The van der Waals surface area contributed by atoms with Crippen molar-refractivity contribution >= 4 is 32.4 Å². The average molecular weight is 406 g/mol. The Bertz CT molecular complexity index is 925. The molecule has 1 aromatic heterocycles. The third-order valence-electron chi connectivity index (χ3n) is 5.21. The Labute approximate surface area is 163 Å². The molecule has 6 nitrogen and oxygen atoms in total. The fourth-order valence-electron chi connectivity index (χ4n) is 3.19. The first-order chi connectivity index (χ1) is 12.9. The maximum absolute atomic E-state index is 12.8. The molecule has 0 bridgehead atoms. The molecule has 2 aliphatic rings. The standard InChI is InChI=1S/C19H23N3O3S2/c1-13-8-10-22(11-9-13)27(24,25)16-6-4-14(5-7-16)17-12-26-19(20-17)21-18(23)15-2-3-15/h4-7,12-13,15H,2-3,8-11H2,1H3,(H,20,21,23). The molecule has 4 rings (SSSR count). The summed E-state index contributed by atoms with van der Waals surface area (Å²) in [5.74, 6) is 0.755. The summed E-state index contributed by atoms with van der Waals surface area (Å²) in [4.78, 5) is 16.6. The van der Waals surface area contributed by atoms with Gasteiger partial charge in [0.2, 0.25) is 15.9 Å².